The monoisotopic (exact) mass is 370 g/mol. The number of hydrogen-bond donors (Lipinski definition) is 4. The Labute approximate surface area is 155 Å². The molecule has 6 heteroatoms. The van der Waals surface area contributed by atoms with Gasteiger partial charge in [0.05, 0.1) is 18.3 Å². The Bertz CT molecular complexity index is 461. The number of carboxylic acid groups (broad SMARTS) is 1. The minimum absolute atomic E-state index is 0.0737. The largest absolute Gasteiger partial charge is 0.478 e. The van der Waals surface area contributed by atoms with Crippen LogP contribution in [0.3, 0.4) is 0 Å². The Morgan fingerprint density at radius 3 is 2.50 bits per heavy atom. The first-order valence-electron chi connectivity index (χ1n) is 9.83. The summed E-state index contributed by atoms with van der Waals surface area (Å²) >= 11 is 0. The fourth-order valence-electron chi connectivity index (χ4n) is 3.76. The standard InChI is InChI=1S/C20H34O6/c1-2-3-9-16(21)17(22)12-11-15-14(18(23)13-19(15)24)8-6-4-5-7-10-20(25)26/h7,10,14-17,19,21-22,24H,2-6,8-9,11-13H2,1H3,(H,25,26)/t14-,15-,16?,17?,19-/m1/s1. The van der Waals surface area contributed by atoms with E-state index in [9.17, 15) is 24.9 Å². The van der Waals surface area contributed by atoms with E-state index < -0.39 is 24.3 Å². The van der Waals surface area contributed by atoms with Gasteiger partial charge in [0.25, 0.3) is 0 Å². The van der Waals surface area contributed by atoms with Crippen LogP contribution in [0.25, 0.3) is 0 Å². The number of ketones is 1. The summed E-state index contributed by atoms with van der Waals surface area (Å²) < 4.78 is 0. The number of aliphatic carboxylic acids is 1. The zero-order valence-electron chi connectivity index (χ0n) is 15.7. The van der Waals surface area contributed by atoms with Crippen molar-refractivity contribution in [3.05, 3.63) is 12.2 Å². The number of allylic oxidation sites excluding steroid dienone is 1. The SMILES string of the molecule is CCCCC(O)C(O)CC[C@H]1[C@H](O)CC(=O)[C@@H]1CCCCC=CC(=O)O. The number of carbonyl (C=O) groups excluding carboxylic acids is 1. The second-order valence-corrected chi connectivity index (χ2v) is 7.39. The van der Waals surface area contributed by atoms with Gasteiger partial charge < -0.3 is 20.4 Å². The van der Waals surface area contributed by atoms with Crippen LogP contribution in [0, 0.1) is 11.8 Å². The molecule has 0 radical (unpaired) electrons. The van der Waals surface area contributed by atoms with Gasteiger partial charge in [-0.15, -0.1) is 0 Å². The van der Waals surface area contributed by atoms with Crippen LogP contribution in [0.2, 0.25) is 0 Å². The third-order valence-electron chi connectivity index (χ3n) is 5.32. The van der Waals surface area contributed by atoms with E-state index in [1.54, 1.807) is 6.08 Å². The molecule has 1 aliphatic rings. The Morgan fingerprint density at radius 1 is 1.15 bits per heavy atom. The first-order chi connectivity index (χ1) is 12.4. The van der Waals surface area contributed by atoms with E-state index in [0.29, 0.717) is 32.1 Å². The molecule has 6 nitrogen and oxygen atoms in total. The van der Waals surface area contributed by atoms with Crippen molar-refractivity contribution in [2.24, 2.45) is 11.8 Å². The zero-order valence-corrected chi connectivity index (χ0v) is 15.7. The molecule has 0 aromatic carbocycles. The van der Waals surface area contributed by atoms with Crippen LogP contribution in [0.15, 0.2) is 12.2 Å². The van der Waals surface area contributed by atoms with Gasteiger partial charge in [0.1, 0.15) is 5.78 Å². The van der Waals surface area contributed by atoms with Gasteiger partial charge in [0.2, 0.25) is 0 Å². The summed E-state index contributed by atoms with van der Waals surface area (Å²) in [6.07, 6.45) is 6.91. The minimum atomic E-state index is -0.959. The quantitative estimate of drug-likeness (QED) is 0.292. The number of Topliss-reactive ketones (excluding diaryl/α,β-unsaturated/α-hetero) is 1. The summed E-state index contributed by atoms with van der Waals surface area (Å²) in [5.74, 6) is -1.25. The fourth-order valence-corrected chi connectivity index (χ4v) is 3.76. The number of carboxylic acids is 1. The molecule has 150 valence electrons. The molecule has 1 aliphatic carbocycles. The highest BCUT2D eigenvalue weighted by Crippen LogP contribution is 2.36. The van der Waals surface area contributed by atoms with Crippen molar-refractivity contribution < 1.29 is 30.0 Å². The van der Waals surface area contributed by atoms with Crippen LogP contribution in [-0.2, 0) is 9.59 Å². The predicted octanol–water partition coefficient (Wildman–Crippen LogP) is 2.45. The van der Waals surface area contributed by atoms with Gasteiger partial charge in [-0.1, -0.05) is 32.3 Å². The van der Waals surface area contributed by atoms with E-state index >= 15 is 0 Å². The van der Waals surface area contributed by atoms with Gasteiger partial charge in [0, 0.05) is 18.4 Å². The van der Waals surface area contributed by atoms with E-state index in [1.807, 2.05) is 6.92 Å². The average Bonchev–Trinajstić information content (AvgIpc) is 2.86. The molecule has 0 amide bonds. The maximum absolute atomic E-state index is 12.2. The molecule has 0 heterocycles. The molecular weight excluding hydrogens is 336 g/mol. The van der Waals surface area contributed by atoms with E-state index in [1.165, 1.54) is 0 Å². The maximum atomic E-state index is 12.2. The molecule has 1 saturated carbocycles. The molecule has 0 aromatic rings. The summed E-state index contributed by atoms with van der Waals surface area (Å²) in [5.41, 5.74) is 0. The highest BCUT2D eigenvalue weighted by molar-refractivity contribution is 5.84. The zero-order chi connectivity index (χ0) is 19.5. The first kappa shape index (κ1) is 22.8. The van der Waals surface area contributed by atoms with E-state index in [0.717, 1.165) is 31.8 Å². The minimum Gasteiger partial charge on any atom is -0.478 e. The molecule has 4 N–H and O–H groups in total. The lowest BCUT2D eigenvalue weighted by Crippen LogP contribution is -2.29. The maximum Gasteiger partial charge on any atom is 0.327 e. The van der Waals surface area contributed by atoms with Crippen LogP contribution >= 0.6 is 0 Å². The Kier molecular flexibility index (Phi) is 10.7. The molecule has 1 fully saturated rings. The third-order valence-corrected chi connectivity index (χ3v) is 5.32. The highest BCUT2D eigenvalue weighted by atomic mass is 16.4. The van der Waals surface area contributed by atoms with Crippen molar-refractivity contribution in [1.29, 1.82) is 0 Å². The molecule has 0 spiro atoms. The Morgan fingerprint density at radius 2 is 1.85 bits per heavy atom. The van der Waals surface area contributed by atoms with Crippen LogP contribution in [0.1, 0.15) is 71.1 Å². The molecular formula is C20H34O6. The van der Waals surface area contributed by atoms with Crippen LogP contribution in [0.4, 0.5) is 0 Å². The molecule has 0 bridgehead atoms. The van der Waals surface area contributed by atoms with E-state index in [-0.39, 0.29) is 24.0 Å². The van der Waals surface area contributed by atoms with Crippen molar-refractivity contribution in [3.8, 4) is 0 Å². The summed E-state index contributed by atoms with van der Waals surface area (Å²) in [6.45, 7) is 2.03. The van der Waals surface area contributed by atoms with Gasteiger partial charge in [-0.05, 0) is 44.4 Å². The second-order valence-electron chi connectivity index (χ2n) is 7.39. The smallest absolute Gasteiger partial charge is 0.327 e. The van der Waals surface area contributed by atoms with Gasteiger partial charge >= 0.3 is 5.97 Å². The topological polar surface area (TPSA) is 115 Å². The van der Waals surface area contributed by atoms with Crippen molar-refractivity contribution >= 4 is 11.8 Å². The van der Waals surface area contributed by atoms with Crippen molar-refractivity contribution in [2.75, 3.05) is 0 Å². The van der Waals surface area contributed by atoms with Crippen LogP contribution in [0.5, 0.6) is 0 Å². The summed E-state index contributed by atoms with van der Waals surface area (Å²) in [4.78, 5) is 22.6. The lowest BCUT2D eigenvalue weighted by Gasteiger charge is -2.24. The molecule has 0 aliphatic heterocycles. The van der Waals surface area contributed by atoms with Gasteiger partial charge in [-0.3, -0.25) is 4.79 Å². The number of aliphatic hydroxyl groups is 3. The summed E-state index contributed by atoms with van der Waals surface area (Å²) in [6, 6.07) is 0. The fraction of sp³-hybridized carbons (Fsp3) is 0.800. The average molecular weight is 370 g/mol. The number of aliphatic hydroxyl groups excluding tert-OH is 3. The van der Waals surface area contributed by atoms with E-state index in [4.69, 9.17) is 5.11 Å². The Balaban J connectivity index is 2.41. The number of rotatable bonds is 13. The van der Waals surface area contributed by atoms with E-state index in [2.05, 4.69) is 0 Å². The summed E-state index contributed by atoms with van der Waals surface area (Å²) in [7, 11) is 0. The molecule has 2 unspecified atom stereocenters. The molecule has 1 rings (SSSR count). The molecule has 0 saturated heterocycles. The lowest BCUT2D eigenvalue weighted by atomic mass is 9.84. The van der Waals surface area contributed by atoms with Crippen molar-refractivity contribution in [2.45, 2.75) is 89.4 Å². The third kappa shape index (κ3) is 7.98. The lowest BCUT2D eigenvalue weighted by molar-refractivity contribution is -0.131. The second kappa shape index (κ2) is 12.2. The van der Waals surface area contributed by atoms with Crippen LogP contribution < -0.4 is 0 Å². The normalized spacial score (nSPS) is 25.7. The number of unbranched alkanes of at least 4 members (excludes halogenated alkanes) is 3. The highest BCUT2D eigenvalue weighted by Gasteiger charge is 2.40. The van der Waals surface area contributed by atoms with Gasteiger partial charge in [0.15, 0.2) is 0 Å². The van der Waals surface area contributed by atoms with Crippen molar-refractivity contribution in [1.82, 2.24) is 0 Å². The van der Waals surface area contributed by atoms with Crippen LogP contribution in [-0.4, -0.2) is 50.5 Å². The number of carbonyl (C=O) groups is 2. The van der Waals surface area contributed by atoms with Gasteiger partial charge in [-0.2, -0.15) is 0 Å². The Hall–Kier alpha value is -1.24. The molecule has 0 aromatic heterocycles. The van der Waals surface area contributed by atoms with Gasteiger partial charge in [-0.25, -0.2) is 4.79 Å². The summed E-state index contributed by atoms with van der Waals surface area (Å²) in [5, 5.41) is 38.7. The first-order valence-corrected chi connectivity index (χ1v) is 9.83. The molecule has 5 atom stereocenters. The molecule has 26 heavy (non-hydrogen) atoms. The number of hydrogen-bond acceptors (Lipinski definition) is 5. The predicted molar refractivity (Wildman–Crippen MR) is 98.6 cm³/mol. The van der Waals surface area contributed by atoms with Crippen molar-refractivity contribution in [3.63, 3.8) is 0 Å².